The van der Waals surface area contributed by atoms with Gasteiger partial charge in [0.2, 0.25) is 0 Å². The predicted molar refractivity (Wildman–Crippen MR) is 151 cm³/mol. The summed E-state index contributed by atoms with van der Waals surface area (Å²) in [6.07, 6.45) is 10.5. The number of nitrogens with zero attached hydrogens (tertiary/aromatic N) is 1. The fraction of sp³-hybridized carbons (Fsp3) is 0.333. The minimum absolute atomic E-state index is 0.534. The molecule has 7 heteroatoms. The standard InChI is InChI=1S/C30H36N2O4S/c1-35-26-15-12-23(13-16-26)9-6-4-2-3-5-7-20-36-29-18-14-25(32-28(29)17-19-30(33)34)22-37-27-11-8-10-24(31)21-27/h8,10-19,21H,2-7,9,20,22,31H2,1H3,(H,33,34)/b19-17+. The Bertz CT molecular complexity index is 1150. The van der Waals surface area contributed by atoms with Crippen LogP contribution < -0.4 is 15.2 Å². The van der Waals surface area contributed by atoms with Gasteiger partial charge in [-0.15, -0.1) is 11.8 Å². The van der Waals surface area contributed by atoms with Crippen LogP contribution >= 0.6 is 11.8 Å². The van der Waals surface area contributed by atoms with Gasteiger partial charge in [0.1, 0.15) is 17.2 Å². The third kappa shape index (κ3) is 10.6. The van der Waals surface area contributed by atoms with Gasteiger partial charge in [0.05, 0.1) is 19.4 Å². The molecule has 0 aliphatic rings. The predicted octanol–water partition coefficient (Wildman–Crippen LogP) is 7.02. The van der Waals surface area contributed by atoms with Crippen LogP contribution in [0.25, 0.3) is 6.08 Å². The first kappa shape index (κ1) is 28.1. The number of aliphatic carboxylic acids is 1. The number of thioether (sulfide) groups is 1. The lowest BCUT2D eigenvalue weighted by molar-refractivity contribution is -0.131. The van der Waals surface area contributed by atoms with Crippen molar-refractivity contribution in [3.8, 4) is 11.5 Å². The fourth-order valence-corrected chi connectivity index (χ4v) is 4.72. The van der Waals surface area contributed by atoms with Gasteiger partial charge in [-0.25, -0.2) is 9.78 Å². The summed E-state index contributed by atoms with van der Waals surface area (Å²) in [5, 5.41) is 9.06. The molecule has 37 heavy (non-hydrogen) atoms. The summed E-state index contributed by atoms with van der Waals surface area (Å²) in [4.78, 5) is 16.7. The fourth-order valence-electron chi connectivity index (χ4n) is 3.85. The molecule has 1 aromatic heterocycles. The van der Waals surface area contributed by atoms with Crippen LogP contribution in [-0.2, 0) is 17.0 Å². The number of rotatable bonds is 16. The zero-order chi connectivity index (χ0) is 26.3. The molecule has 3 N–H and O–H groups in total. The van der Waals surface area contributed by atoms with E-state index in [2.05, 4.69) is 17.1 Å². The number of hydrogen-bond acceptors (Lipinski definition) is 6. The van der Waals surface area contributed by atoms with E-state index in [-0.39, 0.29) is 0 Å². The molecular weight excluding hydrogens is 484 g/mol. The van der Waals surface area contributed by atoms with E-state index >= 15 is 0 Å². The number of benzene rings is 2. The van der Waals surface area contributed by atoms with Crippen molar-refractivity contribution >= 4 is 29.5 Å². The number of nitrogen functional groups attached to an aromatic ring is 1. The normalized spacial score (nSPS) is 11.1. The zero-order valence-electron chi connectivity index (χ0n) is 21.4. The lowest BCUT2D eigenvalue weighted by Crippen LogP contribution is -2.02. The van der Waals surface area contributed by atoms with Crippen molar-refractivity contribution in [3.63, 3.8) is 0 Å². The van der Waals surface area contributed by atoms with Gasteiger partial charge in [0.25, 0.3) is 0 Å². The maximum Gasteiger partial charge on any atom is 0.328 e. The van der Waals surface area contributed by atoms with Crippen LogP contribution in [0, 0.1) is 0 Å². The van der Waals surface area contributed by atoms with Crippen molar-refractivity contribution in [2.75, 3.05) is 19.5 Å². The van der Waals surface area contributed by atoms with Crippen LogP contribution in [0.3, 0.4) is 0 Å². The number of anilines is 1. The van der Waals surface area contributed by atoms with Gasteiger partial charge in [-0.3, -0.25) is 0 Å². The molecule has 0 saturated carbocycles. The van der Waals surface area contributed by atoms with Crippen LogP contribution in [0.5, 0.6) is 11.5 Å². The van der Waals surface area contributed by atoms with E-state index in [1.807, 2.05) is 48.5 Å². The maximum absolute atomic E-state index is 11.0. The second-order valence-electron chi connectivity index (χ2n) is 8.79. The molecule has 196 valence electrons. The Kier molecular flexibility index (Phi) is 11.9. The van der Waals surface area contributed by atoms with Gasteiger partial charge in [0, 0.05) is 22.4 Å². The number of ether oxygens (including phenoxy) is 2. The molecule has 0 fully saturated rings. The summed E-state index contributed by atoms with van der Waals surface area (Å²) in [6, 6.07) is 19.8. The number of carbonyl (C=O) groups is 1. The van der Waals surface area contributed by atoms with E-state index < -0.39 is 5.97 Å². The number of aromatic nitrogens is 1. The summed E-state index contributed by atoms with van der Waals surface area (Å²) in [7, 11) is 1.69. The van der Waals surface area contributed by atoms with Gasteiger partial charge >= 0.3 is 5.97 Å². The number of pyridine rings is 1. The van der Waals surface area contributed by atoms with Crippen molar-refractivity contribution in [1.29, 1.82) is 0 Å². The van der Waals surface area contributed by atoms with E-state index in [4.69, 9.17) is 20.3 Å². The molecule has 0 bridgehead atoms. The topological polar surface area (TPSA) is 94.7 Å². The molecule has 0 amide bonds. The SMILES string of the molecule is COc1ccc(CCCCCCCCOc2ccc(CSc3cccc(N)c3)nc2/C=C/C(=O)O)cc1. The highest BCUT2D eigenvalue weighted by molar-refractivity contribution is 7.98. The highest BCUT2D eigenvalue weighted by Crippen LogP contribution is 2.26. The molecular formula is C30H36N2O4S. The number of aryl methyl sites for hydroxylation is 1. The smallest absolute Gasteiger partial charge is 0.328 e. The van der Waals surface area contributed by atoms with Crippen LogP contribution in [-0.4, -0.2) is 29.8 Å². The highest BCUT2D eigenvalue weighted by Gasteiger charge is 2.07. The van der Waals surface area contributed by atoms with E-state index in [9.17, 15) is 4.79 Å². The molecule has 0 saturated heterocycles. The van der Waals surface area contributed by atoms with Gasteiger partial charge in [-0.1, -0.05) is 43.9 Å². The molecule has 0 aliphatic heterocycles. The third-order valence-electron chi connectivity index (χ3n) is 5.85. The summed E-state index contributed by atoms with van der Waals surface area (Å²) >= 11 is 1.63. The number of nitrogens with two attached hydrogens (primary N) is 1. The van der Waals surface area contributed by atoms with Crippen LogP contribution in [0.1, 0.15) is 55.5 Å². The second kappa shape index (κ2) is 15.6. The Balaban J connectivity index is 1.38. The molecule has 0 aliphatic carbocycles. The van der Waals surface area contributed by atoms with E-state index in [1.165, 1.54) is 37.3 Å². The average Bonchev–Trinajstić information content (AvgIpc) is 2.90. The first-order valence-corrected chi connectivity index (χ1v) is 13.7. The average molecular weight is 521 g/mol. The monoisotopic (exact) mass is 520 g/mol. The van der Waals surface area contributed by atoms with Crippen LogP contribution in [0.15, 0.2) is 71.6 Å². The Labute approximate surface area is 223 Å². The minimum atomic E-state index is -1.01. The quantitative estimate of drug-likeness (QED) is 0.0906. The number of hydrogen-bond donors (Lipinski definition) is 2. The number of methoxy groups -OCH3 is 1. The van der Waals surface area contributed by atoms with Crippen molar-refractivity contribution in [2.45, 2.75) is 55.6 Å². The van der Waals surface area contributed by atoms with Crippen LogP contribution in [0.2, 0.25) is 0 Å². The summed E-state index contributed by atoms with van der Waals surface area (Å²) in [6.45, 7) is 0.582. The van der Waals surface area contributed by atoms with Gasteiger partial charge in [-0.05, 0) is 73.4 Å². The van der Waals surface area contributed by atoms with E-state index in [0.29, 0.717) is 23.8 Å². The Morgan fingerprint density at radius 2 is 1.76 bits per heavy atom. The maximum atomic E-state index is 11.0. The van der Waals surface area contributed by atoms with Gasteiger partial charge < -0.3 is 20.3 Å². The van der Waals surface area contributed by atoms with Gasteiger partial charge in [-0.2, -0.15) is 0 Å². The molecule has 1 heterocycles. The molecule has 3 aromatic rings. The third-order valence-corrected chi connectivity index (χ3v) is 6.88. The number of carboxylic acid groups (broad SMARTS) is 1. The molecule has 0 unspecified atom stereocenters. The first-order valence-electron chi connectivity index (χ1n) is 12.7. The largest absolute Gasteiger partial charge is 0.497 e. The van der Waals surface area contributed by atoms with E-state index in [1.54, 1.807) is 18.9 Å². The van der Waals surface area contributed by atoms with Crippen molar-refractivity contribution in [3.05, 3.63) is 83.7 Å². The van der Waals surface area contributed by atoms with Crippen LogP contribution in [0.4, 0.5) is 5.69 Å². The minimum Gasteiger partial charge on any atom is -0.497 e. The molecule has 6 nitrogen and oxygen atoms in total. The molecule has 0 radical (unpaired) electrons. The molecule has 0 spiro atoms. The zero-order valence-corrected chi connectivity index (χ0v) is 22.2. The number of unbranched alkanes of at least 4 members (excludes halogenated alkanes) is 5. The highest BCUT2D eigenvalue weighted by atomic mass is 32.2. The van der Waals surface area contributed by atoms with Crippen molar-refractivity contribution < 1.29 is 19.4 Å². The summed E-state index contributed by atoms with van der Waals surface area (Å²) in [5.41, 5.74) is 9.31. The summed E-state index contributed by atoms with van der Waals surface area (Å²) in [5.74, 6) is 1.14. The Morgan fingerprint density at radius 1 is 1.00 bits per heavy atom. The second-order valence-corrected chi connectivity index (χ2v) is 9.84. The Hall–Kier alpha value is -3.45. The lowest BCUT2D eigenvalue weighted by Gasteiger charge is -2.11. The lowest BCUT2D eigenvalue weighted by atomic mass is 10.0. The van der Waals surface area contributed by atoms with Gasteiger partial charge in [0.15, 0.2) is 0 Å². The Morgan fingerprint density at radius 3 is 2.49 bits per heavy atom. The van der Waals surface area contributed by atoms with Crippen molar-refractivity contribution in [2.24, 2.45) is 0 Å². The van der Waals surface area contributed by atoms with Crippen molar-refractivity contribution in [1.82, 2.24) is 4.98 Å². The molecule has 3 rings (SSSR count). The summed E-state index contributed by atoms with van der Waals surface area (Å²) < 4.78 is 11.2. The number of carboxylic acids is 1. The first-order chi connectivity index (χ1) is 18.0. The molecule has 0 atom stereocenters. The van der Waals surface area contributed by atoms with E-state index in [0.717, 1.165) is 47.4 Å². The molecule has 2 aromatic carbocycles.